The third-order valence-electron chi connectivity index (χ3n) is 8.00. The second kappa shape index (κ2) is 6.40. The summed E-state index contributed by atoms with van der Waals surface area (Å²) in [6.07, 6.45) is 8.38. The van der Waals surface area contributed by atoms with Gasteiger partial charge in [-0.05, 0) is 55.4 Å². The Balaban J connectivity index is 1.72. The Hall–Kier alpha value is -1.23. The molecule has 0 radical (unpaired) electrons. The van der Waals surface area contributed by atoms with Gasteiger partial charge in [0.15, 0.2) is 5.78 Å². The first-order chi connectivity index (χ1) is 12.7. The maximum Gasteiger partial charge on any atom is 0.330 e. The summed E-state index contributed by atoms with van der Waals surface area (Å²) < 4.78 is 4.83. The maximum atomic E-state index is 13.5. The third-order valence-corrected chi connectivity index (χ3v) is 8.77. The first-order valence-electron chi connectivity index (χ1n) is 9.91. The van der Waals surface area contributed by atoms with Crippen molar-refractivity contribution in [1.29, 1.82) is 0 Å². The third kappa shape index (κ3) is 2.72. The number of methoxy groups -OCH3 is 1. The Kier molecular flexibility index (Phi) is 4.53. The molecular weight excluding hydrogens is 408 g/mol. The standard InChI is InChI=1S/C22H27BrO4/c1-21-11-18(25)20-14(15(21)7-5-13(21)9-19(26)27-3)6-4-12-8-17(24)16(23)10-22(12,20)2/h8-9,14-16,20H,4-7,10-11H2,1-3H3/b13-9-/t14-,15+,16+,20+,21+,22-/m0/s1. The monoisotopic (exact) mass is 434 g/mol. The number of hydrogen-bond donors (Lipinski definition) is 0. The van der Waals surface area contributed by atoms with Crippen molar-refractivity contribution in [2.75, 3.05) is 7.11 Å². The molecule has 146 valence electrons. The van der Waals surface area contributed by atoms with E-state index in [0.717, 1.165) is 31.3 Å². The second-order valence-electron chi connectivity index (χ2n) is 9.24. The van der Waals surface area contributed by atoms with Gasteiger partial charge < -0.3 is 4.74 Å². The average molecular weight is 435 g/mol. The first kappa shape index (κ1) is 19.1. The van der Waals surface area contributed by atoms with Crippen molar-refractivity contribution in [1.82, 2.24) is 0 Å². The van der Waals surface area contributed by atoms with Crippen molar-refractivity contribution in [2.24, 2.45) is 28.6 Å². The van der Waals surface area contributed by atoms with Crippen LogP contribution < -0.4 is 0 Å². The lowest BCUT2D eigenvalue weighted by molar-refractivity contribution is -0.142. The van der Waals surface area contributed by atoms with Crippen LogP contribution in [-0.4, -0.2) is 29.5 Å². The molecule has 3 saturated carbocycles. The Labute approximate surface area is 168 Å². The van der Waals surface area contributed by atoms with Crippen LogP contribution in [-0.2, 0) is 19.1 Å². The van der Waals surface area contributed by atoms with E-state index in [0.29, 0.717) is 30.5 Å². The van der Waals surface area contributed by atoms with Crippen molar-refractivity contribution in [3.05, 3.63) is 23.3 Å². The molecule has 0 unspecified atom stereocenters. The van der Waals surface area contributed by atoms with Crippen molar-refractivity contribution in [3.8, 4) is 0 Å². The Morgan fingerprint density at radius 1 is 1.22 bits per heavy atom. The molecule has 0 aliphatic heterocycles. The smallest absolute Gasteiger partial charge is 0.330 e. The van der Waals surface area contributed by atoms with E-state index in [2.05, 4.69) is 29.8 Å². The SMILES string of the molecule is COC(=O)/C=C1/CC[C@@H]2[C@@H]3CCC4=CC(=O)[C@H](Br)C[C@]4(C)[C@H]3C(=O)C[C@]12C. The topological polar surface area (TPSA) is 60.4 Å². The molecule has 0 amide bonds. The molecule has 5 heteroatoms. The molecule has 0 bridgehead atoms. The van der Waals surface area contributed by atoms with Crippen molar-refractivity contribution >= 4 is 33.5 Å². The Morgan fingerprint density at radius 3 is 2.67 bits per heavy atom. The Morgan fingerprint density at radius 2 is 1.96 bits per heavy atom. The lowest BCUT2D eigenvalue weighted by Crippen LogP contribution is -2.55. The van der Waals surface area contributed by atoms with Crippen LogP contribution in [0.3, 0.4) is 0 Å². The van der Waals surface area contributed by atoms with Crippen LogP contribution in [0.5, 0.6) is 0 Å². The van der Waals surface area contributed by atoms with Crippen LogP contribution in [0, 0.1) is 28.6 Å². The molecule has 6 atom stereocenters. The fourth-order valence-corrected chi connectivity index (χ4v) is 7.50. The largest absolute Gasteiger partial charge is 0.466 e. The van der Waals surface area contributed by atoms with Crippen LogP contribution in [0.15, 0.2) is 23.3 Å². The summed E-state index contributed by atoms with van der Waals surface area (Å²) in [6, 6.07) is 0. The van der Waals surface area contributed by atoms with E-state index in [1.165, 1.54) is 12.7 Å². The summed E-state index contributed by atoms with van der Waals surface area (Å²) in [6.45, 7) is 4.36. The highest BCUT2D eigenvalue weighted by molar-refractivity contribution is 9.10. The minimum Gasteiger partial charge on any atom is -0.466 e. The van der Waals surface area contributed by atoms with Gasteiger partial charge in [-0.3, -0.25) is 9.59 Å². The normalized spacial score (nSPS) is 45.0. The van der Waals surface area contributed by atoms with Crippen LogP contribution in [0.4, 0.5) is 0 Å². The molecule has 0 aromatic heterocycles. The number of esters is 1. The van der Waals surface area contributed by atoms with Gasteiger partial charge >= 0.3 is 5.97 Å². The lowest BCUT2D eigenvalue weighted by Gasteiger charge is -2.56. The highest BCUT2D eigenvalue weighted by Crippen LogP contribution is 2.65. The van der Waals surface area contributed by atoms with Crippen molar-refractivity contribution < 1.29 is 19.1 Å². The fourth-order valence-electron chi connectivity index (χ4n) is 6.70. The van der Waals surface area contributed by atoms with E-state index in [9.17, 15) is 14.4 Å². The highest BCUT2D eigenvalue weighted by Gasteiger charge is 2.61. The van der Waals surface area contributed by atoms with Crippen LogP contribution in [0.1, 0.15) is 52.4 Å². The molecule has 4 aliphatic rings. The molecule has 0 aromatic carbocycles. The van der Waals surface area contributed by atoms with Gasteiger partial charge in [0.25, 0.3) is 0 Å². The van der Waals surface area contributed by atoms with Gasteiger partial charge in [0, 0.05) is 23.8 Å². The molecular formula is C22H27BrO4. The van der Waals surface area contributed by atoms with Gasteiger partial charge in [0.2, 0.25) is 0 Å². The molecule has 4 rings (SSSR count). The Bertz CT molecular complexity index is 781. The van der Waals surface area contributed by atoms with E-state index >= 15 is 0 Å². The zero-order valence-corrected chi connectivity index (χ0v) is 17.8. The minimum absolute atomic E-state index is 0.0128. The molecule has 0 aromatic rings. The number of hydrogen-bond acceptors (Lipinski definition) is 4. The molecule has 4 nitrogen and oxygen atoms in total. The van der Waals surface area contributed by atoms with Gasteiger partial charge in [-0.15, -0.1) is 0 Å². The average Bonchev–Trinajstić information content (AvgIpc) is 2.91. The van der Waals surface area contributed by atoms with Crippen LogP contribution in [0.25, 0.3) is 0 Å². The number of carbonyl (C=O) groups excluding carboxylic acids is 3. The van der Waals surface area contributed by atoms with Gasteiger partial charge in [-0.25, -0.2) is 4.79 Å². The summed E-state index contributed by atoms with van der Waals surface area (Å²) in [5, 5.41) is 0. The number of rotatable bonds is 1. The van der Waals surface area contributed by atoms with Crippen LogP contribution >= 0.6 is 15.9 Å². The number of Topliss-reactive ketones (excluding diaryl/α,β-unsaturated/α-hetero) is 1. The highest BCUT2D eigenvalue weighted by atomic mass is 79.9. The van der Waals surface area contributed by atoms with Crippen molar-refractivity contribution in [2.45, 2.75) is 57.2 Å². The summed E-state index contributed by atoms with van der Waals surface area (Å²) in [5.74, 6) is 0.851. The van der Waals surface area contributed by atoms with E-state index < -0.39 is 0 Å². The van der Waals surface area contributed by atoms with E-state index in [1.54, 1.807) is 12.2 Å². The predicted molar refractivity (Wildman–Crippen MR) is 105 cm³/mol. The predicted octanol–water partition coefficient (Wildman–Crippen LogP) is 4.17. The molecule has 0 heterocycles. The summed E-state index contributed by atoms with van der Waals surface area (Å²) in [4.78, 5) is 37.3. The van der Waals surface area contributed by atoms with E-state index in [4.69, 9.17) is 4.74 Å². The molecule has 27 heavy (non-hydrogen) atoms. The minimum atomic E-state index is -0.324. The summed E-state index contributed by atoms with van der Waals surface area (Å²) in [5.41, 5.74) is 1.79. The fraction of sp³-hybridized carbons (Fsp3) is 0.682. The molecule has 0 spiro atoms. The summed E-state index contributed by atoms with van der Waals surface area (Å²) in [7, 11) is 1.40. The first-order valence-corrected chi connectivity index (χ1v) is 10.8. The second-order valence-corrected chi connectivity index (χ2v) is 10.3. The molecule has 0 saturated heterocycles. The molecule has 3 fully saturated rings. The van der Waals surface area contributed by atoms with Gasteiger partial charge in [0.1, 0.15) is 5.78 Å². The number of allylic oxidation sites excluding steroid dienone is 2. The molecule has 0 N–H and O–H groups in total. The van der Waals surface area contributed by atoms with E-state index in [1.807, 2.05) is 0 Å². The number of ether oxygens (including phenoxy) is 1. The zero-order valence-electron chi connectivity index (χ0n) is 16.2. The van der Waals surface area contributed by atoms with Gasteiger partial charge in [-0.1, -0.05) is 40.9 Å². The van der Waals surface area contributed by atoms with E-state index in [-0.39, 0.29) is 33.3 Å². The lowest BCUT2D eigenvalue weighted by atomic mass is 9.47. The number of alkyl halides is 1. The quantitative estimate of drug-likeness (QED) is 0.353. The maximum absolute atomic E-state index is 13.5. The zero-order chi connectivity index (χ0) is 19.6. The van der Waals surface area contributed by atoms with Crippen LogP contribution in [0.2, 0.25) is 0 Å². The number of carbonyl (C=O) groups is 3. The van der Waals surface area contributed by atoms with Gasteiger partial charge in [-0.2, -0.15) is 0 Å². The molecule has 4 aliphatic carbocycles. The summed E-state index contributed by atoms with van der Waals surface area (Å²) >= 11 is 3.53. The number of fused-ring (bicyclic) bond motifs is 5. The van der Waals surface area contributed by atoms with Crippen molar-refractivity contribution in [3.63, 3.8) is 0 Å². The van der Waals surface area contributed by atoms with Gasteiger partial charge in [0.05, 0.1) is 11.9 Å². The number of halogens is 1. The number of ketones is 2.